The second-order valence-electron chi connectivity index (χ2n) is 5.37. The lowest BCUT2D eigenvalue weighted by molar-refractivity contribution is -0.118. The number of piperidine rings is 1. The zero-order chi connectivity index (χ0) is 12.6. The molecule has 1 atom stereocenters. The number of benzene rings is 1. The van der Waals surface area contributed by atoms with E-state index in [1.54, 1.807) is 12.1 Å². The highest BCUT2D eigenvalue weighted by atomic mass is 35.5. The number of amides is 1. The van der Waals surface area contributed by atoms with Crippen LogP contribution >= 0.6 is 12.4 Å². The molecule has 1 amide bonds. The Morgan fingerprint density at radius 1 is 1.26 bits per heavy atom. The smallest absolute Gasteiger partial charge is 0.228 e. The van der Waals surface area contributed by atoms with Crippen molar-refractivity contribution in [2.75, 3.05) is 18.4 Å². The van der Waals surface area contributed by atoms with Gasteiger partial charge in [-0.1, -0.05) is 0 Å². The van der Waals surface area contributed by atoms with Gasteiger partial charge in [0.2, 0.25) is 5.91 Å². The minimum absolute atomic E-state index is 0. The molecular formula is C14H18ClFN2O. The van der Waals surface area contributed by atoms with E-state index in [9.17, 15) is 9.18 Å². The molecule has 0 bridgehead atoms. The molecule has 1 aliphatic heterocycles. The Morgan fingerprint density at radius 3 is 2.53 bits per heavy atom. The van der Waals surface area contributed by atoms with E-state index < -0.39 is 0 Å². The first-order valence-corrected chi connectivity index (χ1v) is 6.47. The highest BCUT2D eigenvalue weighted by molar-refractivity contribution is 5.95. The van der Waals surface area contributed by atoms with Gasteiger partial charge in [-0.25, -0.2) is 4.39 Å². The van der Waals surface area contributed by atoms with Crippen LogP contribution in [0, 0.1) is 17.2 Å². The van der Waals surface area contributed by atoms with Crippen LogP contribution in [-0.2, 0) is 4.79 Å². The predicted octanol–water partition coefficient (Wildman–Crippen LogP) is 2.58. The van der Waals surface area contributed by atoms with Gasteiger partial charge in [-0.05, 0) is 62.0 Å². The molecule has 0 aromatic heterocycles. The molecule has 2 aliphatic rings. The number of carbonyl (C=O) groups excluding carboxylic acids is 1. The highest BCUT2D eigenvalue weighted by Gasteiger charge is 2.57. The second-order valence-corrected chi connectivity index (χ2v) is 5.37. The molecule has 1 saturated carbocycles. The summed E-state index contributed by atoms with van der Waals surface area (Å²) < 4.78 is 12.8. The SMILES string of the molecule is Cl.O=C(Nc1ccc(F)cc1)C1CC12CCNCC2. The summed E-state index contributed by atoms with van der Waals surface area (Å²) in [5.74, 6) is -0.0533. The molecule has 1 heterocycles. The van der Waals surface area contributed by atoms with Crippen LogP contribution in [0.25, 0.3) is 0 Å². The van der Waals surface area contributed by atoms with E-state index in [1.165, 1.54) is 12.1 Å². The molecule has 1 saturated heterocycles. The molecule has 2 fully saturated rings. The largest absolute Gasteiger partial charge is 0.326 e. The molecule has 1 aliphatic carbocycles. The molecule has 1 spiro atoms. The zero-order valence-electron chi connectivity index (χ0n) is 10.6. The van der Waals surface area contributed by atoms with E-state index >= 15 is 0 Å². The van der Waals surface area contributed by atoms with Crippen molar-refractivity contribution in [3.63, 3.8) is 0 Å². The first-order valence-electron chi connectivity index (χ1n) is 6.47. The summed E-state index contributed by atoms with van der Waals surface area (Å²) in [5, 5.41) is 6.20. The van der Waals surface area contributed by atoms with Gasteiger partial charge in [0.25, 0.3) is 0 Å². The van der Waals surface area contributed by atoms with Crippen molar-refractivity contribution in [3.05, 3.63) is 30.1 Å². The van der Waals surface area contributed by atoms with Crippen molar-refractivity contribution in [2.24, 2.45) is 11.3 Å². The third kappa shape index (κ3) is 2.90. The van der Waals surface area contributed by atoms with Crippen molar-refractivity contribution < 1.29 is 9.18 Å². The Hall–Kier alpha value is -1.13. The first-order chi connectivity index (χ1) is 8.70. The van der Waals surface area contributed by atoms with E-state index in [0.717, 1.165) is 32.4 Å². The normalized spacial score (nSPS) is 23.5. The quantitative estimate of drug-likeness (QED) is 0.876. The summed E-state index contributed by atoms with van der Waals surface area (Å²) in [7, 11) is 0. The van der Waals surface area contributed by atoms with E-state index in [4.69, 9.17) is 0 Å². The number of nitrogens with one attached hydrogen (secondary N) is 2. The summed E-state index contributed by atoms with van der Waals surface area (Å²) in [6, 6.07) is 5.93. The predicted molar refractivity (Wildman–Crippen MR) is 74.9 cm³/mol. The molecule has 1 aromatic rings. The molecule has 3 rings (SSSR count). The fraction of sp³-hybridized carbons (Fsp3) is 0.500. The Morgan fingerprint density at radius 2 is 1.89 bits per heavy atom. The molecule has 2 N–H and O–H groups in total. The van der Waals surface area contributed by atoms with Gasteiger partial charge in [0, 0.05) is 11.6 Å². The van der Waals surface area contributed by atoms with Crippen LogP contribution in [0.2, 0.25) is 0 Å². The Kier molecular flexibility index (Phi) is 4.11. The topological polar surface area (TPSA) is 41.1 Å². The molecular weight excluding hydrogens is 267 g/mol. The lowest BCUT2D eigenvalue weighted by Gasteiger charge is -2.23. The lowest BCUT2D eigenvalue weighted by Crippen LogP contribution is -2.31. The van der Waals surface area contributed by atoms with Gasteiger partial charge in [-0.2, -0.15) is 0 Å². The number of anilines is 1. The van der Waals surface area contributed by atoms with Gasteiger partial charge in [-0.3, -0.25) is 4.79 Å². The minimum Gasteiger partial charge on any atom is -0.326 e. The van der Waals surface area contributed by atoms with Gasteiger partial charge in [0.1, 0.15) is 5.82 Å². The lowest BCUT2D eigenvalue weighted by atomic mass is 9.92. The molecule has 0 radical (unpaired) electrons. The summed E-state index contributed by atoms with van der Waals surface area (Å²) in [6.07, 6.45) is 3.19. The van der Waals surface area contributed by atoms with Crippen molar-refractivity contribution in [1.29, 1.82) is 0 Å². The Balaban J connectivity index is 0.00000133. The van der Waals surface area contributed by atoms with Crippen molar-refractivity contribution >= 4 is 24.0 Å². The van der Waals surface area contributed by atoms with Crippen LogP contribution in [0.3, 0.4) is 0 Å². The van der Waals surface area contributed by atoms with Crippen molar-refractivity contribution in [2.45, 2.75) is 19.3 Å². The van der Waals surface area contributed by atoms with Crippen LogP contribution in [-0.4, -0.2) is 19.0 Å². The second kappa shape index (κ2) is 5.47. The van der Waals surface area contributed by atoms with Gasteiger partial charge in [-0.15, -0.1) is 12.4 Å². The highest BCUT2D eigenvalue weighted by Crippen LogP contribution is 2.58. The maximum absolute atomic E-state index is 12.8. The molecule has 5 heteroatoms. The molecule has 1 unspecified atom stereocenters. The molecule has 19 heavy (non-hydrogen) atoms. The molecule has 104 valence electrons. The van der Waals surface area contributed by atoms with Gasteiger partial charge in [0.15, 0.2) is 0 Å². The maximum Gasteiger partial charge on any atom is 0.228 e. The van der Waals surface area contributed by atoms with Gasteiger partial charge in [0.05, 0.1) is 0 Å². The van der Waals surface area contributed by atoms with Crippen molar-refractivity contribution in [1.82, 2.24) is 5.32 Å². The van der Waals surface area contributed by atoms with Crippen LogP contribution in [0.4, 0.5) is 10.1 Å². The maximum atomic E-state index is 12.8. The van der Waals surface area contributed by atoms with Crippen LogP contribution in [0.1, 0.15) is 19.3 Å². The van der Waals surface area contributed by atoms with E-state index in [1.807, 2.05) is 0 Å². The molecule has 1 aromatic carbocycles. The van der Waals surface area contributed by atoms with Crippen molar-refractivity contribution in [3.8, 4) is 0 Å². The third-order valence-corrected chi connectivity index (χ3v) is 4.22. The monoisotopic (exact) mass is 284 g/mol. The first kappa shape index (κ1) is 14.3. The number of halogens is 2. The van der Waals surface area contributed by atoms with Gasteiger partial charge >= 0.3 is 0 Å². The fourth-order valence-corrected chi connectivity index (χ4v) is 2.96. The third-order valence-electron chi connectivity index (χ3n) is 4.22. The Labute approximate surface area is 118 Å². The van der Waals surface area contributed by atoms with Gasteiger partial charge < -0.3 is 10.6 Å². The summed E-state index contributed by atoms with van der Waals surface area (Å²) >= 11 is 0. The number of hydrogen-bond acceptors (Lipinski definition) is 2. The summed E-state index contributed by atoms with van der Waals surface area (Å²) in [6.45, 7) is 2.03. The molecule has 3 nitrogen and oxygen atoms in total. The van der Waals surface area contributed by atoms with E-state index in [0.29, 0.717) is 5.69 Å². The van der Waals surface area contributed by atoms with E-state index in [2.05, 4.69) is 10.6 Å². The summed E-state index contributed by atoms with van der Waals surface area (Å²) in [4.78, 5) is 12.1. The number of rotatable bonds is 2. The van der Waals surface area contributed by atoms with E-state index in [-0.39, 0.29) is 35.5 Å². The fourth-order valence-electron chi connectivity index (χ4n) is 2.96. The van der Waals surface area contributed by atoms with Crippen LogP contribution in [0.15, 0.2) is 24.3 Å². The summed E-state index contributed by atoms with van der Waals surface area (Å²) in [5.41, 5.74) is 0.924. The number of hydrogen-bond donors (Lipinski definition) is 2. The standard InChI is InChI=1S/C14H17FN2O.ClH/c15-10-1-3-11(4-2-10)17-13(18)12-9-14(12)5-7-16-8-6-14;/h1-4,12,16H,5-9H2,(H,17,18);1H. The average Bonchev–Trinajstić information content (AvgIpc) is 3.07. The van der Waals surface area contributed by atoms with Crippen LogP contribution < -0.4 is 10.6 Å². The average molecular weight is 285 g/mol. The Bertz CT molecular complexity index is 457. The zero-order valence-corrected chi connectivity index (χ0v) is 11.4. The minimum atomic E-state index is -0.283. The van der Waals surface area contributed by atoms with Crippen LogP contribution in [0.5, 0.6) is 0 Å². The number of carbonyl (C=O) groups is 1.